The van der Waals surface area contributed by atoms with Crippen LogP contribution in [0, 0.1) is 0 Å². The molecule has 0 bridgehead atoms. The third-order valence-electron chi connectivity index (χ3n) is 2.29. The molecule has 15 heavy (non-hydrogen) atoms. The van der Waals surface area contributed by atoms with Crippen molar-refractivity contribution in [3.63, 3.8) is 0 Å². The Morgan fingerprint density at radius 3 is 2.33 bits per heavy atom. The lowest BCUT2D eigenvalue weighted by atomic mass is 10.2. The molecule has 0 heterocycles. The second-order valence-corrected chi connectivity index (χ2v) is 3.86. The second-order valence-electron chi connectivity index (χ2n) is 3.86. The molecular formula is C13H19NO. The number of ether oxygens (including phenoxy) is 1. The number of anilines is 1. The van der Waals surface area contributed by atoms with Gasteiger partial charge in [-0.15, -0.1) is 0 Å². The van der Waals surface area contributed by atoms with Crippen LogP contribution in [0.15, 0.2) is 35.9 Å². The smallest absolute Gasteiger partial charge is 0.119 e. The van der Waals surface area contributed by atoms with Crippen molar-refractivity contribution < 1.29 is 4.74 Å². The summed E-state index contributed by atoms with van der Waals surface area (Å²) in [5.41, 5.74) is 2.55. The van der Waals surface area contributed by atoms with E-state index in [1.165, 1.54) is 11.3 Å². The predicted octanol–water partition coefficient (Wildman–Crippen LogP) is 3.10. The fourth-order valence-corrected chi connectivity index (χ4v) is 1.26. The summed E-state index contributed by atoms with van der Waals surface area (Å²) >= 11 is 0. The van der Waals surface area contributed by atoms with E-state index >= 15 is 0 Å². The molecule has 0 saturated heterocycles. The molecule has 0 fully saturated rings. The zero-order chi connectivity index (χ0) is 11.3. The second kappa shape index (κ2) is 5.44. The summed E-state index contributed by atoms with van der Waals surface area (Å²) in [5.74, 6) is 0.898. The van der Waals surface area contributed by atoms with Gasteiger partial charge in [-0.25, -0.2) is 0 Å². The zero-order valence-electron chi connectivity index (χ0n) is 9.95. The number of benzene rings is 1. The molecule has 0 atom stereocenters. The average molecular weight is 205 g/mol. The number of allylic oxidation sites excluding steroid dienone is 1. The highest BCUT2D eigenvalue weighted by Gasteiger charge is 1.98. The van der Waals surface area contributed by atoms with Crippen molar-refractivity contribution in [1.29, 1.82) is 0 Å². The van der Waals surface area contributed by atoms with E-state index in [0.717, 1.165) is 12.3 Å². The Balaban J connectivity index is 2.65. The summed E-state index contributed by atoms with van der Waals surface area (Å²) in [6.07, 6.45) is 2.21. The summed E-state index contributed by atoms with van der Waals surface area (Å²) in [7, 11) is 3.77. The molecule has 0 aromatic heterocycles. The van der Waals surface area contributed by atoms with Gasteiger partial charge in [-0.05, 0) is 38.1 Å². The van der Waals surface area contributed by atoms with Crippen LogP contribution in [0.5, 0.6) is 5.75 Å². The first-order valence-corrected chi connectivity index (χ1v) is 5.12. The molecule has 0 unspecified atom stereocenters. The number of nitrogens with zero attached hydrogens (tertiary/aromatic N) is 1. The van der Waals surface area contributed by atoms with Crippen molar-refractivity contribution in [2.75, 3.05) is 25.6 Å². The van der Waals surface area contributed by atoms with Gasteiger partial charge in [-0.2, -0.15) is 0 Å². The number of methoxy groups -OCH3 is 1. The van der Waals surface area contributed by atoms with Crippen LogP contribution in [0.25, 0.3) is 0 Å². The molecule has 1 aromatic rings. The molecule has 1 rings (SSSR count). The van der Waals surface area contributed by atoms with Crippen LogP contribution in [0.2, 0.25) is 0 Å². The lowest BCUT2D eigenvalue weighted by Crippen LogP contribution is -2.16. The van der Waals surface area contributed by atoms with Gasteiger partial charge in [-0.3, -0.25) is 0 Å². The van der Waals surface area contributed by atoms with Gasteiger partial charge in [0, 0.05) is 19.3 Å². The van der Waals surface area contributed by atoms with Gasteiger partial charge in [0.05, 0.1) is 7.11 Å². The SMILES string of the molecule is COc1ccc(N(C)CC=C(C)C)cc1. The van der Waals surface area contributed by atoms with Crippen LogP contribution >= 0.6 is 0 Å². The summed E-state index contributed by atoms with van der Waals surface area (Å²) in [6, 6.07) is 8.10. The molecule has 0 N–H and O–H groups in total. The molecule has 0 aliphatic heterocycles. The van der Waals surface area contributed by atoms with E-state index in [1.807, 2.05) is 12.1 Å². The average Bonchev–Trinajstić information content (AvgIpc) is 2.26. The molecular weight excluding hydrogens is 186 g/mol. The molecule has 2 heteroatoms. The van der Waals surface area contributed by atoms with Gasteiger partial charge in [0.15, 0.2) is 0 Å². The minimum Gasteiger partial charge on any atom is -0.497 e. The van der Waals surface area contributed by atoms with E-state index < -0.39 is 0 Å². The number of hydrogen-bond donors (Lipinski definition) is 0. The van der Waals surface area contributed by atoms with E-state index in [4.69, 9.17) is 4.74 Å². The lowest BCUT2D eigenvalue weighted by Gasteiger charge is -2.17. The molecule has 2 nitrogen and oxygen atoms in total. The summed E-state index contributed by atoms with van der Waals surface area (Å²) in [5, 5.41) is 0. The fourth-order valence-electron chi connectivity index (χ4n) is 1.26. The Hall–Kier alpha value is -1.44. The van der Waals surface area contributed by atoms with E-state index in [1.54, 1.807) is 7.11 Å². The van der Waals surface area contributed by atoms with Crippen molar-refractivity contribution in [2.45, 2.75) is 13.8 Å². The van der Waals surface area contributed by atoms with Crippen LogP contribution in [0.3, 0.4) is 0 Å². The van der Waals surface area contributed by atoms with Crippen LogP contribution < -0.4 is 9.64 Å². The van der Waals surface area contributed by atoms with E-state index in [-0.39, 0.29) is 0 Å². The van der Waals surface area contributed by atoms with Crippen LogP contribution in [0.1, 0.15) is 13.8 Å². The van der Waals surface area contributed by atoms with E-state index in [2.05, 4.69) is 44.0 Å². The van der Waals surface area contributed by atoms with Gasteiger partial charge < -0.3 is 9.64 Å². The quantitative estimate of drug-likeness (QED) is 0.700. The lowest BCUT2D eigenvalue weighted by molar-refractivity contribution is 0.415. The predicted molar refractivity (Wildman–Crippen MR) is 65.7 cm³/mol. The molecule has 82 valence electrons. The molecule has 1 aromatic carbocycles. The number of hydrogen-bond acceptors (Lipinski definition) is 2. The van der Waals surface area contributed by atoms with E-state index in [9.17, 15) is 0 Å². The van der Waals surface area contributed by atoms with E-state index in [0.29, 0.717) is 0 Å². The third kappa shape index (κ3) is 3.66. The van der Waals surface area contributed by atoms with Crippen LogP contribution in [0.4, 0.5) is 5.69 Å². The highest BCUT2D eigenvalue weighted by Crippen LogP contribution is 2.17. The standard InChI is InChI=1S/C13H19NO/c1-11(2)9-10-14(3)12-5-7-13(15-4)8-6-12/h5-9H,10H2,1-4H3. The fraction of sp³-hybridized carbons (Fsp3) is 0.385. The van der Waals surface area contributed by atoms with Gasteiger partial charge in [0.1, 0.15) is 5.75 Å². The Labute approximate surface area is 92.2 Å². The number of likely N-dealkylation sites (N-methyl/N-ethyl adjacent to an activating group) is 1. The zero-order valence-corrected chi connectivity index (χ0v) is 9.95. The van der Waals surface area contributed by atoms with Crippen molar-refractivity contribution in [2.24, 2.45) is 0 Å². The highest BCUT2D eigenvalue weighted by molar-refractivity contribution is 5.48. The maximum Gasteiger partial charge on any atom is 0.119 e. The van der Waals surface area contributed by atoms with Gasteiger partial charge in [0.2, 0.25) is 0 Å². The maximum absolute atomic E-state index is 5.12. The third-order valence-corrected chi connectivity index (χ3v) is 2.29. The minimum atomic E-state index is 0.898. The van der Waals surface area contributed by atoms with Crippen LogP contribution in [-0.2, 0) is 0 Å². The van der Waals surface area contributed by atoms with Crippen molar-refractivity contribution >= 4 is 5.69 Å². The summed E-state index contributed by atoms with van der Waals surface area (Å²) in [4.78, 5) is 2.20. The van der Waals surface area contributed by atoms with Crippen molar-refractivity contribution in [3.8, 4) is 5.75 Å². The Morgan fingerprint density at radius 2 is 1.87 bits per heavy atom. The largest absolute Gasteiger partial charge is 0.497 e. The topological polar surface area (TPSA) is 12.5 Å². The maximum atomic E-state index is 5.12. The number of rotatable bonds is 4. The molecule has 0 saturated carbocycles. The molecule has 0 amide bonds. The molecule has 0 aliphatic carbocycles. The first-order chi connectivity index (χ1) is 7.13. The van der Waals surface area contributed by atoms with Crippen LogP contribution in [-0.4, -0.2) is 20.7 Å². The first kappa shape index (κ1) is 11.6. The molecule has 0 radical (unpaired) electrons. The monoisotopic (exact) mass is 205 g/mol. The normalized spacial score (nSPS) is 9.60. The summed E-state index contributed by atoms with van der Waals surface area (Å²) in [6.45, 7) is 5.17. The molecule has 0 aliphatic rings. The van der Waals surface area contributed by atoms with Crippen molar-refractivity contribution in [3.05, 3.63) is 35.9 Å². The Kier molecular flexibility index (Phi) is 4.22. The Bertz CT molecular complexity index is 323. The first-order valence-electron chi connectivity index (χ1n) is 5.12. The Morgan fingerprint density at radius 1 is 1.27 bits per heavy atom. The summed E-state index contributed by atoms with van der Waals surface area (Å²) < 4.78 is 5.12. The van der Waals surface area contributed by atoms with Gasteiger partial charge in [-0.1, -0.05) is 11.6 Å². The molecule has 0 spiro atoms. The minimum absolute atomic E-state index is 0.898. The van der Waals surface area contributed by atoms with Gasteiger partial charge >= 0.3 is 0 Å². The van der Waals surface area contributed by atoms with Gasteiger partial charge in [0.25, 0.3) is 0 Å². The van der Waals surface area contributed by atoms with Crippen molar-refractivity contribution in [1.82, 2.24) is 0 Å². The highest BCUT2D eigenvalue weighted by atomic mass is 16.5.